The second-order valence-corrected chi connectivity index (χ2v) is 5.30. The van der Waals surface area contributed by atoms with Crippen molar-refractivity contribution in [3.05, 3.63) is 0 Å². The summed E-state index contributed by atoms with van der Waals surface area (Å²) in [7, 11) is 0. The Morgan fingerprint density at radius 2 is 2.40 bits per heavy atom. The van der Waals surface area contributed by atoms with Crippen LogP contribution in [-0.4, -0.2) is 48.0 Å². The van der Waals surface area contributed by atoms with E-state index in [2.05, 4.69) is 12.2 Å². The van der Waals surface area contributed by atoms with Gasteiger partial charge in [0.05, 0.1) is 6.04 Å². The number of thioether (sulfide) groups is 1. The molecule has 1 aliphatic heterocycles. The maximum Gasteiger partial charge on any atom is 0.239 e. The van der Waals surface area contributed by atoms with Crippen molar-refractivity contribution in [3.8, 4) is 0 Å². The van der Waals surface area contributed by atoms with Crippen molar-refractivity contribution in [2.45, 2.75) is 32.7 Å². The molecule has 0 aromatic rings. The van der Waals surface area contributed by atoms with E-state index >= 15 is 0 Å². The molecule has 0 aliphatic carbocycles. The van der Waals surface area contributed by atoms with Crippen molar-refractivity contribution in [1.29, 1.82) is 0 Å². The molecule has 1 amide bonds. The molecule has 0 spiro atoms. The highest BCUT2D eigenvalue weighted by atomic mass is 32.2. The summed E-state index contributed by atoms with van der Waals surface area (Å²) in [5.41, 5.74) is 0. The van der Waals surface area contributed by atoms with Crippen molar-refractivity contribution in [1.82, 2.24) is 10.2 Å². The fourth-order valence-electron chi connectivity index (χ4n) is 1.78. The molecule has 15 heavy (non-hydrogen) atoms. The Hall–Kier alpha value is -0.220. The lowest BCUT2D eigenvalue weighted by Crippen LogP contribution is -2.42. The first-order valence-corrected chi connectivity index (χ1v) is 7.01. The summed E-state index contributed by atoms with van der Waals surface area (Å²) in [5.74, 6) is 2.61. The van der Waals surface area contributed by atoms with E-state index in [0.29, 0.717) is 0 Å². The first-order chi connectivity index (χ1) is 7.25. The van der Waals surface area contributed by atoms with Crippen molar-refractivity contribution < 1.29 is 4.79 Å². The van der Waals surface area contributed by atoms with Crippen molar-refractivity contribution in [2.75, 3.05) is 31.1 Å². The molecule has 1 heterocycles. The summed E-state index contributed by atoms with van der Waals surface area (Å²) in [6.07, 6.45) is 2.20. The van der Waals surface area contributed by atoms with Crippen molar-refractivity contribution in [2.24, 2.45) is 0 Å². The van der Waals surface area contributed by atoms with Crippen LogP contribution in [0, 0.1) is 0 Å². The predicted molar refractivity (Wildman–Crippen MR) is 66.3 cm³/mol. The van der Waals surface area contributed by atoms with Crippen LogP contribution in [0.2, 0.25) is 0 Å². The molecule has 0 aromatic heterocycles. The minimum absolute atomic E-state index is 0.00586. The molecular formula is C11H22N2OS. The van der Waals surface area contributed by atoms with Crippen LogP contribution in [0.5, 0.6) is 0 Å². The highest BCUT2D eigenvalue weighted by Gasteiger charge is 2.21. The maximum absolute atomic E-state index is 11.9. The number of nitrogens with one attached hydrogen (secondary N) is 1. The minimum atomic E-state index is 0.00586. The zero-order valence-electron chi connectivity index (χ0n) is 9.79. The number of carbonyl (C=O) groups is 1. The molecule has 1 rings (SSSR count). The van der Waals surface area contributed by atoms with Gasteiger partial charge in [-0.15, -0.1) is 0 Å². The molecule has 1 atom stereocenters. The Bertz CT molecular complexity index is 199. The molecule has 4 heteroatoms. The fraction of sp³-hybridized carbons (Fsp3) is 0.909. The van der Waals surface area contributed by atoms with Gasteiger partial charge in [0, 0.05) is 13.1 Å². The minimum Gasteiger partial charge on any atom is -0.341 e. The summed E-state index contributed by atoms with van der Waals surface area (Å²) in [5, 5.41) is 3.23. The van der Waals surface area contributed by atoms with Gasteiger partial charge < -0.3 is 10.2 Å². The van der Waals surface area contributed by atoms with E-state index in [1.807, 2.05) is 23.6 Å². The largest absolute Gasteiger partial charge is 0.341 e. The zero-order chi connectivity index (χ0) is 11.1. The van der Waals surface area contributed by atoms with E-state index in [-0.39, 0.29) is 11.9 Å². The SMILES string of the molecule is CCSCCCN1CCCNC(C)C1=O. The maximum atomic E-state index is 11.9. The van der Waals surface area contributed by atoms with Gasteiger partial charge in [-0.2, -0.15) is 11.8 Å². The van der Waals surface area contributed by atoms with Crippen LogP contribution in [0.25, 0.3) is 0 Å². The summed E-state index contributed by atoms with van der Waals surface area (Å²) >= 11 is 1.95. The lowest BCUT2D eigenvalue weighted by atomic mass is 10.3. The standard InChI is InChI=1S/C11H22N2OS/c1-3-15-9-5-8-13-7-4-6-12-10(2)11(13)14/h10,12H,3-9H2,1-2H3. The number of amides is 1. The van der Waals surface area contributed by atoms with E-state index < -0.39 is 0 Å². The summed E-state index contributed by atoms with van der Waals surface area (Å²) in [6, 6.07) is 0.00586. The van der Waals surface area contributed by atoms with Gasteiger partial charge in [0.1, 0.15) is 0 Å². The number of rotatable bonds is 5. The van der Waals surface area contributed by atoms with E-state index in [1.54, 1.807) is 0 Å². The van der Waals surface area contributed by atoms with E-state index in [4.69, 9.17) is 0 Å². The van der Waals surface area contributed by atoms with E-state index in [0.717, 1.165) is 32.5 Å². The zero-order valence-corrected chi connectivity index (χ0v) is 10.6. The molecular weight excluding hydrogens is 208 g/mol. The second kappa shape index (κ2) is 7.12. The predicted octanol–water partition coefficient (Wildman–Crippen LogP) is 1.34. The van der Waals surface area contributed by atoms with Crippen LogP contribution in [-0.2, 0) is 4.79 Å². The monoisotopic (exact) mass is 230 g/mol. The van der Waals surface area contributed by atoms with Gasteiger partial charge in [0.25, 0.3) is 0 Å². The van der Waals surface area contributed by atoms with Crippen LogP contribution >= 0.6 is 11.8 Å². The quantitative estimate of drug-likeness (QED) is 0.723. The molecule has 1 unspecified atom stereocenters. The topological polar surface area (TPSA) is 32.3 Å². The third kappa shape index (κ3) is 4.43. The molecule has 1 aliphatic rings. The third-order valence-corrected chi connectivity index (χ3v) is 3.64. The van der Waals surface area contributed by atoms with Crippen LogP contribution in [0.15, 0.2) is 0 Å². The van der Waals surface area contributed by atoms with Gasteiger partial charge >= 0.3 is 0 Å². The molecule has 0 aromatic carbocycles. The Morgan fingerprint density at radius 3 is 3.13 bits per heavy atom. The molecule has 0 saturated carbocycles. The first-order valence-electron chi connectivity index (χ1n) is 5.85. The molecule has 0 bridgehead atoms. The lowest BCUT2D eigenvalue weighted by Gasteiger charge is -2.22. The summed E-state index contributed by atoms with van der Waals surface area (Å²) < 4.78 is 0. The molecule has 3 nitrogen and oxygen atoms in total. The Kier molecular flexibility index (Phi) is 6.10. The van der Waals surface area contributed by atoms with Gasteiger partial charge in [0.2, 0.25) is 5.91 Å². The van der Waals surface area contributed by atoms with Gasteiger partial charge in [-0.05, 0) is 37.8 Å². The van der Waals surface area contributed by atoms with E-state index in [9.17, 15) is 4.79 Å². The lowest BCUT2D eigenvalue weighted by molar-refractivity contribution is -0.132. The van der Waals surface area contributed by atoms with E-state index in [1.165, 1.54) is 11.5 Å². The normalized spacial score (nSPS) is 22.9. The van der Waals surface area contributed by atoms with Crippen molar-refractivity contribution >= 4 is 17.7 Å². The average Bonchev–Trinajstić information content (AvgIpc) is 2.39. The Morgan fingerprint density at radius 1 is 1.60 bits per heavy atom. The second-order valence-electron chi connectivity index (χ2n) is 3.91. The van der Waals surface area contributed by atoms with Crippen LogP contribution < -0.4 is 5.32 Å². The van der Waals surface area contributed by atoms with Crippen LogP contribution in [0.4, 0.5) is 0 Å². The molecule has 0 radical (unpaired) electrons. The number of hydrogen-bond acceptors (Lipinski definition) is 3. The van der Waals surface area contributed by atoms with Gasteiger partial charge in [0.15, 0.2) is 0 Å². The first kappa shape index (κ1) is 12.8. The Balaban J connectivity index is 2.28. The van der Waals surface area contributed by atoms with Crippen molar-refractivity contribution in [3.63, 3.8) is 0 Å². The summed E-state index contributed by atoms with van der Waals surface area (Å²) in [4.78, 5) is 13.9. The van der Waals surface area contributed by atoms with Gasteiger partial charge in [-0.3, -0.25) is 4.79 Å². The molecule has 1 fully saturated rings. The molecule has 1 N–H and O–H groups in total. The number of nitrogens with zero attached hydrogens (tertiary/aromatic N) is 1. The smallest absolute Gasteiger partial charge is 0.239 e. The molecule has 1 saturated heterocycles. The average molecular weight is 230 g/mol. The highest BCUT2D eigenvalue weighted by Crippen LogP contribution is 2.06. The van der Waals surface area contributed by atoms with Crippen LogP contribution in [0.3, 0.4) is 0 Å². The highest BCUT2D eigenvalue weighted by molar-refractivity contribution is 7.99. The number of hydrogen-bond donors (Lipinski definition) is 1. The Labute approximate surface area is 97.0 Å². The third-order valence-electron chi connectivity index (χ3n) is 2.66. The number of carbonyl (C=O) groups excluding carboxylic acids is 1. The molecule has 88 valence electrons. The summed E-state index contributed by atoms with van der Waals surface area (Å²) in [6.45, 7) is 6.95. The van der Waals surface area contributed by atoms with Crippen LogP contribution in [0.1, 0.15) is 26.7 Å². The van der Waals surface area contributed by atoms with Gasteiger partial charge in [-0.25, -0.2) is 0 Å². The fourth-order valence-corrected chi connectivity index (χ4v) is 2.41. The van der Waals surface area contributed by atoms with Gasteiger partial charge in [-0.1, -0.05) is 6.92 Å².